The van der Waals surface area contributed by atoms with Gasteiger partial charge >= 0.3 is 5.97 Å². The second kappa shape index (κ2) is 7.03. The third-order valence-electron chi connectivity index (χ3n) is 4.76. The highest BCUT2D eigenvalue weighted by atomic mass is 16.5. The highest BCUT2D eigenvalue weighted by Crippen LogP contribution is 2.24. The van der Waals surface area contributed by atoms with Crippen LogP contribution in [0, 0.1) is 5.92 Å². The average molecular weight is 329 g/mol. The van der Waals surface area contributed by atoms with E-state index < -0.39 is 12.1 Å². The van der Waals surface area contributed by atoms with Gasteiger partial charge in [0, 0.05) is 11.4 Å². The van der Waals surface area contributed by atoms with Gasteiger partial charge in [0.2, 0.25) is 0 Å². The van der Waals surface area contributed by atoms with Gasteiger partial charge in [-0.2, -0.15) is 5.10 Å². The van der Waals surface area contributed by atoms with Crippen LogP contribution in [0.3, 0.4) is 0 Å². The smallest absolute Gasteiger partial charge is 0.360 e. The predicted octanol–water partition coefficient (Wildman–Crippen LogP) is 2.80. The van der Waals surface area contributed by atoms with Gasteiger partial charge in [0.1, 0.15) is 0 Å². The van der Waals surface area contributed by atoms with E-state index in [2.05, 4.69) is 22.4 Å². The third-order valence-corrected chi connectivity index (χ3v) is 4.76. The molecule has 1 saturated carbocycles. The number of hydrogen-bond acceptors (Lipinski definition) is 4. The van der Waals surface area contributed by atoms with Crippen molar-refractivity contribution in [2.75, 3.05) is 0 Å². The number of aromatic nitrogens is 2. The highest BCUT2D eigenvalue weighted by molar-refractivity contribution is 6.02. The standard InChI is InChI=1S/C18H23N3O3/c1-11-7-3-5-9-14(11)19-17(22)12(2)24-18(23)16-13-8-4-6-10-15(13)20-21-16/h4,6,8,10-12,14H,3,5,7,9H2,1-2H3,(H,19,22)(H,20,21)/t11-,12-,14+/m1/s1. The van der Waals surface area contributed by atoms with Gasteiger partial charge in [-0.3, -0.25) is 9.89 Å². The average Bonchev–Trinajstić information content (AvgIpc) is 3.01. The number of carbonyl (C=O) groups is 2. The number of amides is 1. The third kappa shape index (κ3) is 3.42. The van der Waals surface area contributed by atoms with E-state index in [4.69, 9.17) is 4.74 Å². The molecule has 1 aliphatic rings. The summed E-state index contributed by atoms with van der Waals surface area (Å²) in [7, 11) is 0. The summed E-state index contributed by atoms with van der Waals surface area (Å²) in [4.78, 5) is 24.6. The number of H-pyrrole nitrogens is 1. The molecule has 3 rings (SSSR count). The van der Waals surface area contributed by atoms with E-state index in [0.29, 0.717) is 11.3 Å². The molecule has 1 fully saturated rings. The lowest BCUT2D eigenvalue weighted by molar-refractivity contribution is -0.130. The number of esters is 1. The first-order valence-electron chi connectivity index (χ1n) is 8.50. The van der Waals surface area contributed by atoms with Crippen LogP contribution in [0.1, 0.15) is 50.0 Å². The first-order valence-corrected chi connectivity index (χ1v) is 8.50. The van der Waals surface area contributed by atoms with Crippen LogP contribution in [0.2, 0.25) is 0 Å². The molecule has 1 aromatic heterocycles. The Morgan fingerprint density at radius 2 is 2.04 bits per heavy atom. The monoisotopic (exact) mass is 329 g/mol. The number of benzene rings is 1. The van der Waals surface area contributed by atoms with Crippen molar-refractivity contribution in [1.82, 2.24) is 15.5 Å². The summed E-state index contributed by atoms with van der Waals surface area (Å²) in [5, 5.41) is 10.5. The number of nitrogens with zero attached hydrogens (tertiary/aromatic N) is 1. The summed E-state index contributed by atoms with van der Waals surface area (Å²) < 4.78 is 5.31. The second-order valence-corrected chi connectivity index (χ2v) is 6.54. The molecule has 1 aliphatic carbocycles. The molecule has 1 aromatic carbocycles. The topological polar surface area (TPSA) is 84.1 Å². The molecule has 24 heavy (non-hydrogen) atoms. The molecule has 1 amide bonds. The number of carbonyl (C=O) groups excluding carboxylic acids is 2. The summed E-state index contributed by atoms with van der Waals surface area (Å²) in [5.74, 6) is -0.380. The van der Waals surface area contributed by atoms with Crippen LogP contribution in [-0.2, 0) is 9.53 Å². The van der Waals surface area contributed by atoms with Crippen molar-refractivity contribution in [3.05, 3.63) is 30.0 Å². The molecule has 0 radical (unpaired) electrons. The van der Waals surface area contributed by atoms with Crippen LogP contribution >= 0.6 is 0 Å². The van der Waals surface area contributed by atoms with Crippen LogP contribution in [0.5, 0.6) is 0 Å². The minimum absolute atomic E-state index is 0.165. The van der Waals surface area contributed by atoms with E-state index in [-0.39, 0.29) is 17.6 Å². The molecule has 3 atom stereocenters. The van der Waals surface area contributed by atoms with Gasteiger partial charge < -0.3 is 10.1 Å². The lowest BCUT2D eigenvalue weighted by Gasteiger charge is -2.30. The quantitative estimate of drug-likeness (QED) is 0.845. The minimum Gasteiger partial charge on any atom is -0.448 e. The maximum absolute atomic E-state index is 12.3. The zero-order valence-corrected chi connectivity index (χ0v) is 14.0. The van der Waals surface area contributed by atoms with E-state index in [1.165, 1.54) is 6.42 Å². The SMILES string of the molecule is C[C@@H]1CCCC[C@@H]1NC(=O)[C@@H](C)OC(=O)c1n[nH]c2ccccc12. The Morgan fingerprint density at radius 1 is 1.29 bits per heavy atom. The lowest BCUT2D eigenvalue weighted by Crippen LogP contribution is -2.46. The van der Waals surface area contributed by atoms with Crippen molar-refractivity contribution in [2.24, 2.45) is 5.92 Å². The summed E-state index contributed by atoms with van der Waals surface area (Å²) in [6.07, 6.45) is 3.60. The minimum atomic E-state index is -0.845. The largest absolute Gasteiger partial charge is 0.448 e. The van der Waals surface area contributed by atoms with Crippen LogP contribution in [0.25, 0.3) is 10.9 Å². The van der Waals surface area contributed by atoms with E-state index >= 15 is 0 Å². The molecule has 0 unspecified atom stereocenters. The number of hydrogen-bond donors (Lipinski definition) is 2. The van der Waals surface area contributed by atoms with E-state index in [9.17, 15) is 9.59 Å². The van der Waals surface area contributed by atoms with E-state index in [1.54, 1.807) is 13.0 Å². The Morgan fingerprint density at radius 3 is 2.83 bits per heavy atom. The molecular weight excluding hydrogens is 306 g/mol. The molecule has 0 aliphatic heterocycles. The maximum atomic E-state index is 12.3. The highest BCUT2D eigenvalue weighted by Gasteiger charge is 2.27. The van der Waals surface area contributed by atoms with Gasteiger partial charge in [-0.05, 0) is 31.7 Å². The van der Waals surface area contributed by atoms with Crippen molar-refractivity contribution in [3.8, 4) is 0 Å². The van der Waals surface area contributed by atoms with Crippen molar-refractivity contribution in [2.45, 2.75) is 51.7 Å². The first kappa shape index (κ1) is 16.5. The Kier molecular flexibility index (Phi) is 4.83. The summed E-state index contributed by atoms with van der Waals surface area (Å²) >= 11 is 0. The van der Waals surface area contributed by atoms with Crippen molar-refractivity contribution in [1.29, 1.82) is 0 Å². The number of aromatic amines is 1. The lowest BCUT2D eigenvalue weighted by atomic mass is 9.86. The molecule has 2 aromatic rings. The Balaban J connectivity index is 1.62. The van der Waals surface area contributed by atoms with Crippen molar-refractivity contribution < 1.29 is 14.3 Å². The number of para-hydroxylation sites is 1. The first-order chi connectivity index (χ1) is 11.6. The molecule has 6 nitrogen and oxygen atoms in total. The number of fused-ring (bicyclic) bond motifs is 1. The summed E-state index contributed by atoms with van der Waals surface area (Å²) in [6.45, 7) is 3.74. The Labute approximate surface area is 141 Å². The van der Waals surface area contributed by atoms with Crippen LogP contribution in [0.4, 0.5) is 0 Å². The zero-order chi connectivity index (χ0) is 17.1. The normalized spacial score (nSPS) is 22.1. The van der Waals surface area contributed by atoms with Crippen LogP contribution in [0.15, 0.2) is 24.3 Å². The van der Waals surface area contributed by atoms with Gasteiger partial charge in [0.05, 0.1) is 5.52 Å². The molecular formula is C18H23N3O3. The summed E-state index contributed by atoms with van der Waals surface area (Å²) in [5.41, 5.74) is 0.967. The number of rotatable bonds is 4. The van der Waals surface area contributed by atoms with E-state index in [1.807, 2.05) is 18.2 Å². The van der Waals surface area contributed by atoms with Gasteiger partial charge in [-0.15, -0.1) is 0 Å². The number of nitrogens with one attached hydrogen (secondary N) is 2. The molecule has 0 spiro atoms. The molecule has 2 N–H and O–H groups in total. The molecule has 128 valence electrons. The maximum Gasteiger partial charge on any atom is 0.360 e. The fourth-order valence-electron chi connectivity index (χ4n) is 3.22. The molecule has 0 saturated heterocycles. The van der Waals surface area contributed by atoms with Gasteiger partial charge in [-0.25, -0.2) is 4.79 Å². The Hall–Kier alpha value is -2.37. The zero-order valence-electron chi connectivity index (χ0n) is 14.0. The predicted molar refractivity (Wildman–Crippen MR) is 90.5 cm³/mol. The second-order valence-electron chi connectivity index (χ2n) is 6.54. The van der Waals surface area contributed by atoms with Gasteiger partial charge in [0.25, 0.3) is 5.91 Å². The molecule has 0 bridgehead atoms. The van der Waals surface area contributed by atoms with Gasteiger partial charge in [0.15, 0.2) is 11.8 Å². The van der Waals surface area contributed by atoms with Crippen LogP contribution in [-0.4, -0.2) is 34.2 Å². The van der Waals surface area contributed by atoms with Crippen molar-refractivity contribution in [3.63, 3.8) is 0 Å². The summed E-state index contributed by atoms with van der Waals surface area (Å²) in [6, 6.07) is 7.48. The Bertz CT molecular complexity index is 740. The number of ether oxygens (including phenoxy) is 1. The fourth-order valence-corrected chi connectivity index (χ4v) is 3.22. The molecule has 6 heteroatoms. The fraction of sp³-hybridized carbons (Fsp3) is 0.500. The van der Waals surface area contributed by atoms with Crippen LogP contribution < -0.4 is 5.32 Å². The van der Waals surface area contributed by atoms with Gasteiger partial charge in [-0.1, -0.05) is 38.0 Å². The molecule has 1 heterocycles. The van der Waals surface area contributed by atoms with E-state index in [0.717, 1.165) is 24.8 Å². The van der Waals surface area contributed by atoms with Crippen molar-refractivity contribution >= 4 is 22.8 Å².